The van der Waals surface area contributed by atoms with E-state index in [1.807, 2.05) is 24.3 Å². The highest BCUT2D eigenvalue weighted by Gasteiger charge is 2.17. The Kier molecular flexibility index (Phi) is 5.41. The van der Waals surface area contributed by atoms with Gasteiger partial charge in [-0.15, -0.1) is 5.10 Å². The van der Waals surface area contributed by atoms with E-state index < -0.39 is 5.56 Å². The van der Waals surface area contributed by atoms with Crippen LogP contribution in [-0.4, -0.2) is 34.1 Å². The topological polar surface area (TPSA) is 95.3 Å². The second-order valence-corrected chi connectivity index (χ2v) is 6.91. The summed E-state index contributed by atoms with van der Waals surface area (Å²) in [5, 5.41) is 11.0. The van der Waals surface area contributed by atoms with Crippen molar-refractivity contribution < 1.29 is 14.3 Å². The fraction of sp³-hybridized carbons (Fsp3) is 0.333. The molecule has 1 aliphatic rings. The molecule has 0 bridgehead atoms. The van der Waals surface area contributed by atoms with Crippen LogP contribution in [0.1, 0.15) is 25.3 Å². The molecule has 0 aliphatic carbocycles. The molecule has 2 heterocycles. The van der Waals surface area contributed by atoms with Gasteiger partial charge in [-0.1, -0.05) is 30.7 Å². The Balaban J connectivity index is 1.49. The fourth-order valence-electron chi connectivity index (χ4n) is 3.19. The second-order valence-electron chi connectivity index (χ2n) is 6.91. The van der Waals surface area contributed by atoms with Gasteiger partial charge >= 0.3 is 0 Å². The number of aryl methyl sites for hydroxylation is 1. The number of aromatic nitrogens is 3. The van der Waals surface area contributed by atoms with E-state index in [1.165, 1.54) is 5.56 Å². The molecular formula is C21H22N4O4. The first-order valence-corrected chi connectivity index (χ1v) is 9.70. The summed E-state index contributed by atoms with van der Waals surface area (Å²) >= 11 is 0. The fourth-order valence-corrected chi connectivity index (χ4v) is 3.19. The summed E-state index contributed by atoms with van der Waals surface area (Å²) in [6.07, 6.45) is 3.29. The first-order valence-electron chi connectivity index (χ1n) is 9.70. The van der Waals surface area contributed by atoms with Crippen molar-refractivity contribution in [1.29, 1.82) is 0 Å². The third-order valence-electron chi connectivity index (χ3n) is 4.74. The molecule has 0 radical (unpaired) electrons. The van der Waals surface area contributed by atoms with E-state index in [4.69, 9.17) is 9.47 Å². The van der Waals surface area contributed by atoms with Crippen LogP contribution < -0.4 is 20.3 Å². The van der Waals surface area contributed by atoms with Crippen LogP contribution in [-0.2, 0) is 17.8 Å². The zero-order valence-electron chi connectivity index (χ0n) is 16.2. The maximum atomic E-state index is 12.7. The number of anilines is 1. The summed E-state index contributed by atoms with van der Waals surface area (Å²) < 4.78 is 12.1. The molecule has 8 nitrogen and oxygen atoms in total. The van der Waals surface area contributed by atoms with Crippen LogP contribution in [0, 0.1) is 0 Å². The molecule has 0 fully saturated rings. The Bertz CT molecular complexity index is 1090. The van der Waals surface area contributed by atoms with Gasteiger partial charge in [0.15, 0.2) is 11.5 Å². The minimum atomic E-state index is -0.406. The Labute approximate surface area is 167 Å². The maximum absolute atomic E-state index is 12.7. The van der Waals surface area contributed by atoms with Gasteiger partial charge in [0.05, 0.1) is 5.39 Å². The number of nitrogens with one attached hydrogen (secondary N) is 1. The van der Waals surface area contributed by atoms with Crippen molar-refractivity contribution in [3.05, 3.63) is 52.3 Å². The third-order valence-corrected chi connectivity index (χ3v) is 4.74. The quantitative estimate of drug-likeness (QED) is 0.690. The van der Waals surface area contributed by atoms with Crippen molar-refractivity contribution in [2.45, 2.75) is 32.7 Å². The molecule has 29 heavy (non-hydrogen) atoms. The number of unbranched alkanes of at least 4 members (excludes halogenated alkanes) is 1. The number of ether oxygens (including phenoxy) is 2. The molecule has 1 amide bonds. The van der Waals surface area contributed by atoms with Crippen LogP contribution in [0.3, 0.4) is 0 Å². The van der Waals surface area contributed by atoms with Gasteiger partial charge in [0, 0.05) is 11.8 Å². The SMILES string of the molecule is CCCCc1ccc(NC(=O)Cn2nnc3cc4c(cc3c2=O)OCCO4)cc1. The lowest BCUT2D eigenvalue weighted by Crippen LogP contribution is -2.30. The zero-order valence-corrected chi connectivity index (χ0v) is 16.2. The van der Waals surface area contributed by atoms with Gasteiger partial charge in [-0.25, -0.2) is 4.68 Å². The lowest BCUT2D eigenvalue weighted by atomic mass is 10.1. The van der Waals surface area contributed by atoms with Crippen molar-refractivity contribution in [3.8, 4) is 11.5 Å². The first kappa shape index (κ1) is 18.9. The summed E-state index contributed by atoms with van der Waals surface area (Å²) in [5.41, 5.74) is 1.91. The highest BCUT2D eigenvalue weighted by atomic mass is 16.6. The molecule has 1 aromatic heterocycles. The van der Waals surface area contributed by atoms with E-state index in [0.29, 0.717) is 41.3 Å². The minimum absolute atomic E-state index is 0.228. The Hall–Kier alpha value is -3.42. The van der Waals surface area contributed by atoms with Gasteiger partial charge in [0.25, 0.3) is 5.56 Å². The number of hydrogen-bond donors (Lipinski definition) is 1. The van der Waals surface area contributed by atoms with Crippen molar-refractivity contribution >= 4 is 22.5 Å². The molecule has 3 aromatic rings. The van der Waals surface area contributed by atoms with Crippen molar-refractivity contribution in [2.75, 3.05) is 18.5 Å². The molecule has 0 spiro atoms. The number of benzene rings is 2. The van der Waals surface area contributed by atoms with Crippen LogP contribution in [0.25, 0.3) is 10.9 Å². The standard InChI is InChI=1S/C21H22N4O4/c1-2-3-4-14-5-7-15(8-6-14)22-20(26)13-25-21(27)16-11-18-19(29-10-9-28-18)12-17(16)23-24-25/h5-8,11-12H,2-4,9-10,13H2,1H3,(H,22,26). The van der Waals surface area contributed by atoms with Crippen molar-refractivity contribution in [2.24, 2.45) is 0 Å². The third kappa shape index (κ3) is 4.21. The maximum Gasteiger partial charge on any atom is 0.278 e. The first-order chi connectivity index (χ1) is 14.1. The Morgan fingerprint density at radius 3 is 2.59 bits per heavy atom. The molecule has 4 rings (SSSR count). The number of hydrogen-bond acceptors (Lipinski definition) is 6. The van der Waals surface area contributed by atoms with Crippen LogP contribution in [0.2, 0.25) is 0 Å². The zero-order chi connectivity index (χ0) is 20.2. The number of fused-ring (bicyclic) bond motifs is 2. The molecule has 150 valence electrons. The van der Waals surface area contributed by atoms with E-state index in [1.54, 1.807) is 12.1 Å². The predicted octanol–water partition coefficient (Wildman–Crippen LogP) is 2.54. The summed E-state index contributed by atoms with van der Waals surface area (Å²) in [7, 11) is 0. The lowest BCUT2D eigenvalue weighted by molar-refractivity contribution is -0.117. The Morgan fingerprint density at radius 2 is 1.86 bits per heavy atom. The van der Waals surface area contributed by atoms with Crippen molar-refractivity contribution in [1.82, 2.24) is 15.0 Å². The number of rotatable bonds is 6. The number of carbonyl (C=O) groups excluding carboxylic acids is 1. The molecule has 0 saturated carbocycles. The number of amides is 1. The van der Waals surface area contributed by atoms with Crippen LogP contribution in [0.15, 0.2) is 41.2 Å². The van der Waals surface area contributed by atoms with E-state index in [2.05, 4.69) is 22.6 Å². The predicted molar refractivity (Wildman–Crippen MR) is 108 cm³/mol. The lowest BCUT2D eigenvalue weighted by Gasteiger charge is -2.18. The molecular weight excluding hydrogens is 372 g/mol. The van der Waals surface area contributed by atoms with Gasteiger partial charge in [-0.3, -0.25) is 9.59 Å². The largest absolute Gasteiger partial charge is 0.486 e. The number of carbonyl (C=O) groups is 1. The summed E-state index contributed by atoms with van der Waals surface area (Å²) in [6.45, 7) is 2.79. The molecule has 2 aromatic carbocycles. The van der Waals surface area contributed by atoms with E-state index in [0.717, 1.165) is 23.9 Å². The average Bonchev–Trinajstić information content (AvgIpc) is 2.74. The highest BCUT2D eigenvalue weighted by molar-refractivity contribution is 5.90. The van der Waals surface area contributed by atoms with Gasteiger partial charge in [-0.05, 0) is 36.6 Å². The average molecular weight is 394 g/mol. The summed E-state index contributed by atoms with van der Waals surface area (Å²) in [6, 6.07) is 10.9. The van der Waals surface area contributed by atoms with Crippen LogP contribution >= 0.6 is 0 Å². The summed E-state index contributed by atoms with van der Waals surface area (Å²) in [4.78, 5) is 25.1. The van der Waals surface area contributed by atoms with Gasteiger partial charge in [0.1, 0.15) is 25.3 Å². The monoisotopic (exact) mass is 394 g/mol. The smallest absolute Gasteiger partial charge is 0.278 e. The molecule has 1 N–H and O–H groups in total. The van der Waals surface area contributed by atoms with Gasteiger partial charge < -0.3 is 14.8 Å². The second kappa shape index (κ2) is 8.30. The van der Waals surface area contributed by atoms with E-state index in [-0.39, 0.29) is 12.5 Å². The minimum Gasteiger partial charge on any atom is -0.486 e. The molecule has 1 aliphatic heterocycles. The van der Waals surface area contributed by atoms with Gasteiger partial charge in [-0.2, -0.15) is 0 Å². The Morgan fingerprint density at radius 1 is 1.14 bits per heavy atom. The van der Waals surface area contributed by atoms with E-state index >= 15 is 0 Å². The highest BCUT2D eigenvalue weighted by Crippen LogP contribution is 2.32. The molecule has 0 saturated heterocycles. The summed E-state index contributed by atoms with van der Waals surface area (Å²) in [5.74, 6) is 0.683. The molecule has 0 unspecified atom stereocenters. The normalized spacial score (nSPS) is 12.7. The van der Waals surface area contributed by atoms with E-state index in [9.17, 15) is 9.59 Å². The van der Waals surface area contributed by atoms with Crippen LogP contribution in [0.4, 0.5) is 5.69 Å². The van der Waals surface area contributed by atoms with Crippen LogP contribution in [0.5, 0.6) is 11.5 Å². The molecule has 8 heteroatoms. The van der Waals surface area contributed by atoms with Crippen molar-refractivity contribution in [3.63, 3.8) is 0 Å². The van der Waals surface area contributed by atoms with Gasteiger partial charge in [0.2, 0.25) is 5.91 Å². The number of nitrogens with zero attached hydrogens (tertiary/aromatic N) is 3. The molecule has 0 atom stereocenters.